The first-order valence-electron chi connectivity index (χ1n) is 9.83. The minimum atomic E-state index is -4.35. The lowest BCUT2D eigenvalue weighted by Gasteiger charge is -2.26. The van der Waals surface area contributed by atoms with E-state index in [2.05, 4.69) is 10.2 Å². The number of hydrogen-bond donors (Lipinski definition) is 1. The second-order valence-corrected chi connectivity index (χ2v) is 7.50. The number of anilines is 1. The fraction of sp³-hybridized carbons (Fsp3) is 0.409. The Morgan fingerprint density at radius 2 is 1.63 bits per heavy atom. The van der Waals surface area contributed by atoms with Crippen LogP contribution in [-0.2, 0) is 28.8 Å². The Kier molecular flexibility index (Phi) is 7.47. The molecule has 5 nitrogen and oxygen atoms in total. The number of nitrogens with one attached hydrogen (secondary N) is 1. The second kappa shape index (κ2) is 10.1. The quantitative estimate of drug-likeness (QED) is 0.742. The largest absolute Gasteiger partial charge is 0.416 e. The third-order valence-corrected chi connectivity index (χ3v) is 4.89. The monoisotopic (exact) mass is 421 g/mol. The van der Waals surface area contributed by atoms with Crippen molar-refractivity contribution in [2.45, 2.75) is 19.3 Å². The van der Waals surface area contributed by atoms with Crippen LogP contribution >= 0.6 is 0 Å². The van der Waals surface area contributed by atoms with Crippen LogP contribution in [0.1, 0.15) is 16.7 Å². The van der Waals surface area contributed by atoms with E-state index in [1.165, 1.54) is 17.7 Å². The lowest BCUT2D eigenvalue weighted by Crippen LogP contribution is -2.35. The molecular weight excluding hydrogens is 395 g/mol. The summed E-state index contributed by atoms with van der Waals surface area (Å²) in [5, 5.41) is 2.86. The van der Waals surface area contributed by atoms with Gasteiger partial charge in [-0.15, -0.1) is 0 Å². The van der Waals surface area contributed by atoms with Gasteiger partial charge in [0.1, 0.15) is 0 Å². The van der Waals surface area contributed by atoms with Crippen molar-refractivity contribution in [3.8, 4) is 0 Å². The number of rotatable bonds is 7. The molecule has 1 fully saturated rings. The highest BCUT2D eigenvalue weighted by Crippen LogP contribution is 2.29. The van der Waals surface area contributed by atoms with Gasteiger partial charge in [-0.25, -0.2) is 0 Å². The van der Waals surface area contributed by atoms with E-state index in [4.69, 9.17) is 4.74 Å². The Bertz CT molecular complexity index is 817. The van der Waals surface area contributed by atoms with E-state index >= 15 is 0 Å². The molecule has 1 N–H and O–H groups in total. The van der Waals surface area contributed by atoms with Crippen molar-refractivity contribution in [3.05, 3.63) is 65.2 Å². The number of carbonyl (C=O) groups excluding carboxylic acids is 1. The highest BCUT2D eigenvalue weighted by Gasteiger charge is 2.29. The number of ether oxygens (including phenoxy) is 1. The maximum atomic E-state index is 12.6. The third kappa shape index (κ3) is 6.83. The topological polar surface area (TPSA) is 44.8 Å². The molecule has 2 aromatic carbocycles. The molecule has 0 saturated carbocycles. The van der Waals surface area contributed by atoms with Crippen LogP contribution in [0.4, 0.5) is 18.9 Å². The molecule has 0 atom stereocenters. The van der Waals surface area contributed by atoms with Crippen molar-refractivity contribution < 1.29 is 22.7 Å². The first-order valence-corrected chi connectivity index (χ1v) is 9.83. The van der Waals surface area contributed by atoms with Gasteiger partial charge in [0.2, 0.25) is 5.91 Å². The molecule has 30 heavy (non-hydrogen) atoms. The normalized spacial score (nSPS) is 15.4. The van der Waals surface area contributed by atoms with E-state index in [-0.39, 0.29) is 12.5 Å². The lowest BCUT2D eigenvalue weighted by molar-refractivity contribution is -0.137. The Balaban J connectivity index is 1.45. The molecule has 1 heterocycles. The number of amides is 1. The first-order chi connectivity index (χ1) is 14.3. The van der Waals surface area contributed by atoms with Crippen LogP contribution < -0.4 is 5.32 Å². The molecule has 2 aromatic rings. The lowest BCUT2D eigenvalue weighted by atomic mass is 10.1. The third-order valence-electron chi connectivity index (χ3n) is 4.89. The van der Waals surface area contributed by atoms with Crippen LogP contribution in [-0.4, -0.2) is 55.6 Å². The Labute approximate surface area is 174 Å². The second-order valence-electron chi connectivity index (χ2n) is 7.50. The number of likely N-dealkylation sites (N-methyl/N-ethyl adjacent to an activating group) is 1. The van der Waals surface area contributed by atoms with E-state index in [0.717, 1.165) is 45.0 Å². The minimum Gasteiger partial charge on any atom is -0.379 e. The zero-order valence-corrected chi connectivity index (χ0v) is 16.9. The number of alkyl halides is 3. The van der Waals surface area contributed by atoms with Crippen LogP contribution in [0.3, 0.4) is 0 Å². The summed E-state index contributed by atoms with van der Waals surface area (Å²) in [6, 6.07) is 12.7. The molecule has 1 saturated heterocycles. The fourth-order valence-electron chi connectivity index (χ4n) is 3.32. The number of carbonyl (C=O) groups is 1. The number of halogens is 3. The summed E-state index contributed by atoms with van der Waals surface area (Å²) >= 11 is 0. The SMILES string of the molecule is CN(CC(=O)Nc1ccc(CN2CCOCC2)cc1)Cc1ccc(C(F)(F)F)cc1. The zero-order valence-electron chi connectivity index (χ0n) is 16.9. The minimum absolute atomic E-state index is 0.135. The predicted octanol–water partition coefficient (Wildman–Crippen LogP) is 3.61. The smallest absolute Gasteiger partial charge is 0.379 e. The average molecular weight is 421 g/mol. The molecule has 1 aliphatic heterocycles. The standard InChI is InChI=1S/C22H26F3N3O2/c1-27(14-17-2-6-19(7-3-17)22(23,24)25)16-21(29)26-20-8-4-18(5-9-20)15-28-10-12-30-13-11-28/h2-9H,10-16H2,1H3,(H,26,29). The molecule has 0 aromatic heterocycles. The van der Waals surface area contributed by atoms with Crippen molar-refractivity contribution in [1.29, 1.82) is 0 Å². The van der Waals surface area contributed by atoms with Gasteiger partial charge in [0.15, 0.2) is 0 Å². The average Bonchev–Trinajstić information content (AvgIpc) is 2.70. The summed E-state index contributed by atoms with van der Waals surface area (Å²) in [6.45, 7) is 4.73. The summed E-state index contributed by atoms with van der Waals surface area (Å²) in [4.78, 5) is 16.4. The van der Waals surface area contributed by atoms with E-state index < -0.39 is 11.7 Å². The fourth-order valence-corrected chi connectivity index (χ4v) is 3.32. The van der Waals surface area contributed by atoms with Gasteiger partial charge < -0.3 is 10.1 Å². The van der Waals surface area contributed by atoms with Gasteiger partial charge in [-0.1, -0.05) is 24.3 Å². The van der Waals surface area contributed by atoms with E-state index in [9.17, 15) is 18.0 Å². The van der Waals surface area contributed by atoms with Crippen molar-refractivity contribution in [1.82, 2.24) is 9.80 Å². The van der Waals surface area contributed by atoms with E-state index in [0.29, 0.717) is 17.8 Å². The number of nitrogens with zero attached hydrogens (tertiary/aromatic N) is 2. The molecular formula is C22H26F3N3O2. The molecule has 1 aliphatic rings. The van der Waals surface area contributed by atoms with Gasteiger partial charge in [0, 0.05) is 31.9 Å². The van der Waals surface area contributed by atoms with E-state index in [1.54, 1.807) is 11.9 Å². The van der Waals surface area contributed by atoms with Crippen molar-refractivity contribution in [2.75, 3.05) is 45.2 Å². The van der Waals surface area contributed by atoms with E-state index in [1.807, 2.05) is 24.3 Å². The van der Waals surface area contributed by atoms with Crippen LogP contribution in [0, 0.1) is 0 Å². The van der Waals surface area contributed by atoms with Crippen LogP contribution in [0.25, 0.3) is 0 Å². The van der Waals surface area contributed by atoms with Crippen molar-refractivity contribution >= 4 is 11.6 Å². The highest BCUT2D eigenvalue weighted by molar-refractivity contribution is 5.92. The summed E-state index contributed by atoms with van der Waals surface area (Å²) in [6.07, 6.45) is -4.35. The summed E-state index contributed by atoms with van der Waals surface area (Å²) < 4.78 is 43.2. The zero-order chi connectivity index (χ0) is 21.6. The molecule has 162 valence electrons. The predicted molar refractivity (Wildman–Crippen MR) is 109 cm³/mol. The van der Waals surface area contributed by atoms with Gasteiger partial charge in [0.25, 0.3) is 0 Å². The summed E-state index contributed by atoms with van der Waals surface area (Å²) in [5.41, 5.74) is 1.93. The molecule has 0 spiro atoms. The molecule has 0 unspecified atom stereocenters. The first kappa shape index (κ1) is 22.3. The molecule has 0 bridgehead atoms. The maximum Gasteiger partial charge on any atom is 0.416 e. The van der Waals surface area contributed by atoms with Crippen LogP contribution in [0.5, 0.6) is 0 Å². The number of morpholine rings is 1. The summed E-state index contributed by atoms with van der Waals surface area (Å²) in [5.74, 6) is -0.176. The van der Waals surface area contributed by atoms with Gasteiger partial charge in [0.05, 0.1) is 25.3 Å². The van der Waals surface area contributed by atoms with Gasteiger partial charge in [-0.2, -0.15) is 13.2 Å². The molecule has 0 aliphatic carbocycles. The number of hydrogen-bond acceptors (Lipinski definition) is 4. The van der Waals surface area contributed by atoms with Crippen molar-refractivity contribution in [2.24, 2.45) is 0 Å². The van der Waals surface area contributed by atoms with Gasteiger partial charge in [-0.3, -0.25) is 14.6 Å². The van der Waals surface area contributed by atoms with Crippen LogP contribution in [0.15, 0.2) is 48.5 Å². The molecule has 1 amide bonds. The van der Waals surface area contributed by atoms with Crippen molar-refractivity contribution in [3.63, 3.8) is 0 Å². The van der Waals surface area contributed by atoms with Gasteiger partial charge >= 0.3 is 6.18 Å². The maximum absolute atomic E-state index is 12.6. The van der Waals surface area contributed by atoms with Crippen LogP contribution in [0.2, 0.25) is 0 Å². The molecule has 8 heteroatoms. The molecule has 3 rings (SSSR count). The number of benzene rings is 2. The Morgan fingerprint density at radius 1 is 1.03 bits per heavy atom. The summed E-state index contributed by atoms with van der Waals surface area (Å²) in [7, 11) is 1.75. The van der Waals surface area contributed by atoms with Gasteiger partial charge in [-0.05, 0) is 42.4 Å². The Hall–Kier alpha value is -2.42. The molecule has 0 radical (unpaired) electrons. The Morgan fingerprint density at radius 3 is 2.23 bits per heavy atom. The highest BCUT2D eigenvalue weighted by atomic mass is 19.4.